The first-order valence-corrected chi connectivity index (χ1v) is 9.75. The van der Waals surface area contributed by atoms with Gasteiger partial charge in [0.2, 0.25) is 0 Å². The van der Waals surface area contributed by atoms with E-state index in [0.717, 1.165) is 5.69 Å². The number of nitrogens with zero attached hydrogens (tertiary/aromatic N) is 5. The zero-order valence-electron chi connectivity index (χ0n) is 17.0. The Morgan fingerprint density at radius 3 is 2.59 bits per heavy atom. The van der Waals surface area contributed by atoms with Crippen LogP contribution in [0.3, 0.4) is 0 Å². The third-order valence-corrected chi connectivity index (χ3v) is 4.72. The Bertz CT molecular complexity index is 1240. The second kappa shape index (κ2) is 9.04. The van der Waals surface area contributed by atoms with Gasteiger partial charge in [-0.05, 0) is 49.4 Å². The quantitative estimate of drug-likeness (QED) is 0.336. The highest BCUT2D eigenvalue weighted by Gasteiger charge is 2.20. The number of amides is 1. The van der Waals surface area contributed by atoms with Crippen molar-refractivity contribution >= 4 is 23.0 Å². The highest BCUT2D eigenvalue weighted by Crippen LogP contribution is 2.29. The van der Waals surface area contributed by atoms with Gasteiger partial charge in [-0.2, -0.15) is 5.10 Å². The van der Waals surface area contributed by atoms with Crippen molar-refractivity contribution < 1.29 is 9.72 Å². The van der Waals surface area contributed by atoms with E-state index in [-0.39, 0.29) is 17.3 Å². The van der Waals surface area contributed by atoms with Crippen LogP contribution in [0, 0.1) is 10.1 Å². The molecule has 0 radical (unpaired) electrons. The van der Waals surface area contributed by atoms with Gasteiger partial charge in [-0.3, -0.25) is 19.9 Å². The van der Waals surface area contributed by atoms with Gasteiger partial charge in [0, 0.05) is 36.4 Å². The summed E-state index contributed by atoms with van der Waals surface area (Å²) in [4.78, 5) is 32.5. The fourth-order valence-corrected chi connectivity index (χ4v) is 3.15. The average molecular weight is 429 g/mol. The van der Waals surface area contributed by atoms with Crippen molar-refractivity contribution in [2.24, 2.45) is 0 Å². The molecule has 0 aliphatic heterocycles. The molecule has 0 aliphatic carbocycles. The first kappa shape index (κ1) is 20.7. The molecule has 3 heterocycles. The molecule has 10 nitrogen and oxygen atoms in total. The lowest BCUT2D eigenvalue weighted by atomic mass is 10.1. The first-order chi connectivity index (χ1) is 15.5. The maximum atomic E-state index is 12.8. The molecular formula is C22H19N7O3. The molecule has 160 valence electrons. The SMILES string of the molecule is CC(Nc1ccc(C(=O)Nc2cccnc2-n2cccn2)cc1[N+](=O)[O-])c1ccccn1. The van der Waals surface area contributed by atoms with Gasteiger partial charge in [-0.1, -0.05) is 6.07 Å². The van der Waals surface area contributed by atoms with Crippen LogP contribution in [-0.2, 0) is 0 Å². The zero-order chi connectivity index (χ0) is 22.5. The minimum absolute atomic E-state index is 0.142. The molecule has 1 atom stereocenters. The standard InChI is InChI=1S/C22H19N7O3/c1-15(17-6-2-3-10-23-17)26-18-9-8-16(14-20(18)29(31)32)22(30)27-19-7-4-11-24-21(19)28-13-5-12-25-28/h2-15,26H,1H3,(H,27,30). The Kier molecular flexibility index (Phi) is 5.84. The molecule has 3 aromatic heterocycles. The van der Waals surface area contributed by atoms with Crippen LogP contribution >= 0.6 is 0 Å². The normalized spacial score (nSPS) is 11.5. The van der Waals surface area contributed by atoms with Gasteiger partial charge in [0.15, 0.2) is 5.82 Å². The van der Waals surface area contributed by atoms with Crippen molar-refractivity contribution in [3.8, 4) is 5.82 Å². The maximum absolute atomic E-state index is 12.8. The summed E-state index contributed by atoms with van der Waals surface area (Å²) >= 11 is 0. The Hall–Kier alpha value is -4.60. The van der Waals surface area contributed by atoms with Gasteiger partial charge in [-0.15, -0.1) is 0 Å². The third-order valence-electron chi connectivity index (χ3n) is 4.72. The minimum atomic E-state index is -0.524. The number of anilines is 2. The molecular weight excluding hydrogens is 410 g/mol. The van der Waals surface area contributed by atoms with E-state index in [2.05, 4.69) is 25.7 Å². The van der Waals surface area contributed by atoms with Crippen molar-refractivity contribution in [3.63, 3.8) is 0 Å². The van der Waals surface area contributed by atoms with Crippen LogP contribution in [-0.4, -0.2) is 30.6 Å². The number of carbonyl (C=O) groups excluding carboxylic acids is 1. The number of rotatable bonds is 7. The lowest BCUT2D eigenvalue weighted by Crippen LogP contribution is -2.15. The molecule has 2 N–H and O–H groups in total. The Balaban J connectivity index is 1.58. The highest BCUT2D eigenvalue weighted by molar-refractivity contribution is 6.05. The first-order valence-electron chi connectivity index (χ1n) is 9.75. The van der Waals surface area contributed by atoms with Gasteiger partial charge in [0.05, 0.1) is 22.3 Å². The molecule has 0 aliphatic rings. The van der Waals surface area contributed by atoms with E-state index < -0.39 is 10.8 Å². The molecule has 0 saturated heterocycles. The number of benzene rings is 1. The highest BCUT2D eigenvalue weighted by atomic mass is 16.6. The van der Waals surface area contributed by atoms with Crippen LogP contribution in [0.15, 0.2) is 79.4 Å². The number of carbonyl (C=O) groups is 1. The van der Waals surface area contributed by atoms with Crippen LogP contribution in [0.5, 0.6) is 0 Å². The molecule has 1 unspecified atom stereocenters. The molecule has 0 spiro atoms. The minimum Gasteiger partial charge on any atom is -0.371 e. The Labute approximate surface area is 183 Å². The van der Waals surface area contributed by atoms with Crippen LogP contribution in [0.2, 0.25) is 0 Å². The van der Waals surface area contributed by atoms with E-state index in [9.17, 15) is 14.9 Å². The number of nitro groups is 1. The summed E-state index contributed by atoms with van der Waals surface area (Å²) in [5.41, 5.74) is 1.39. The van der Waals surface area contributed by atoms with E-state index in [1.165, 1.54) is 22.9 Å². The van der Waals surface area contributed by atoms with Gasteiger partial charge in [0.1, 0.15) is 5.69 Å². The summed E-state index contributed by atoms with van der Waals surface area (Å²) in [7, 11) is 0. The molecule has 1 amide bonds. The summed E-state index contributed by atoms with van der Waals surface area (Å²) in [6, 6.07) is 14.6. The predicted molar refractivity (Wildman–Crippen MR) is 119 cm³/mol. The topological polar surface area (TPSA) is 128 Å². The molecule has 0 bridgehead atoms. The lowest BCUT2D eigenvalue weighted by molar-refractivity contribution is -0.384. The van der Waals surface area contributed by atoms with E-state index >= 15 is 0 Å². The van der Waals surface area contributed by atoms with Crippen LogP contribution in [0.25, 0.3) is 5.82 Å². The van der Waals surface area contributed by atoms with Crippen LogP contribution < -0.4 is 10.6 Å². The molecule has 0 fully saturated rings. The number of pyridine rings is 2. The van der Waals surface area contributed by atoms with Gasteiger partial charge < -0.3 is 10.6 Å². The summed E-state index contributed by atoms with van der Waals surface area (Å²) < 4.78 is 1.52. The fraction of sp³-hybridized carbons (Fsp3) is 0.0909. The summed E-state index contributed by atoms with van der Waals surface area (Å²) in [5.74, 6) is -0.0679. The van der Waals surface area contributed by atoms with Crippen LogP contribution in [0.4, 0.5) is 17.1 Å². The van der Waals surface area contributed by atoms with E-state index in [0.29, 0.717) is 17.2 Å². The van der Waals surface area contributed by atoms with Crippen molar-refractivity contribution in [3.05, 3.63) is 101 Å². The Morgan fingerprint density at radius 2 is 1.88 bits per heavy atom. The maximum Gasteiger partial charge on any atom is 0.293 e. The molecule has 4 aromatic rings. The monoisotopic (exact) mass is 429 g/mol. The molecule has 4 rings (SSSR count). The molecule has 32 heavy (non-hydrogen) atoms. The Morgan fingerprint density at radius 1 is 1.03 bits per heavy atom. The molecule has 0 saturated carbocycles. The second-order valence-electron chi connectivity index (χ2n) is 6.89. The van der Waals surface area contributed by atoms with Crippen molar-refractivity contribution in [1.82, 2.24) is 19.7 Å². The number of hydrogen-bond donors (Lipinski definition) is 2. The van der Waals surface area contributed by atoms with Gasteiger partial charge in [-0.25, -0.2) is 9.67 Å². The summed E-state index contributed by atoms with van der Waals surface area (Å²) in [6.07, 6.45) is 6.54. The molecule has 10 heteroatoms. The zero-order valence-corrected chi connectivity index (χ0v) is 17.0. The second-order valence-corrected chi connectivity index (χ2v) is 6.89. The number of nitro benzene ring substituents is 1. The van der Waals surface area contributed by atoms with E-state index in [4.69, 9.17) is 0 Å². The van der Waals surface area contributed by atoms with E-state index in [1.54, 1.807) is 49.1 Å². The van der Waals surface area contributed by atoms with Crippen molar-refractivity contribution in [2.75, 3.05) is 10.6 Å². The van der Waals surface area contributed by atoms with Crippen molar-refractivity contribution in [1.29, 1.82) is 0 Å². The predicted octanol–water partition coefficient (Wildman–Crippen LogP) is 4.00. The van der Waals surface area contributed by atoms with E-state index in [1.807, 2.05) is 19.1 Å². The van der Waals surface area contributed by atoms with Gasteiger partial charge >= 0.3 is 0 Å². The summed E-state index contributed by atoms with van der Waals surface area (Å²) in [5, 5.41) is 21.7. The largest absolute Gasteiger partial charge is 0.371 e. The van der Waals surface area contributed by atoms with Gasteiger partial charge in [0.25, 0.3) is 11.6 Å². The molecule has 1 aromatic carbocycles. The number of nitrogens with one attached hydrogen (secondary N) is 2. The third kappa shape index (κ3) is 4.43. The number of hydrogen-bond acceptors (Lipinski definition) is 7. The fourth-order valence-electron chi connectivity index (χ4n) is 3.15. The number of aromatic nitrogens is 4. The average Bonchev–Trinajstić information content (AvgIpc) is 3.35. The summed E-state index contributed by atoms with van der Waals surface area (Å²) in [6.45, 7) is 1.85. The van der Waals surface area contributed by atoms with Crippen LogP contribution in [0.1, 0.15) is 29.0 Å². The lowest BCUT2D eigenvalue weighted by Gasteiger charge is -2.15. The smallest absolute Gasteiger partial charge is 0.293 e. The van der Waals surface area contributed by atoms with Crippen molar-refractivity contribution in [2.45, 2.75) is 13.0 Å².